The molecule has 0 aliphatic carbocycles. The van der Waals surface area contributed by atoms with E-state index in [0.717, 1.165) is 29.7 Å². The van der Waals surface area contributed by atoms with Gasteiger partial charge in [-0.3, -0.25) is 0 Å². The third-order valence-corrected chi connectivity index (χ3v) is 3.25. The normalized spacial score (nSPS) is 10.9. The molecular formula is C15H15N5O. The highest BCUT2D eigenvalue weighted by molar-refractivity contribution is 5.76. The van der Waals surface area contributed by atoms with Gasteiger partial charge in [0.1, 0.15) is 12.4 Å². The maximum Gasteiger partial charge on any atom is 0.246 e. The van der Waals surface area contributed by atoms with Crippen molar-refractivity contribution < 1.29 is 4.52 Å². The average Bonchev–Trinajstić information content (AvgIpc) is 3.06. The van der Waals surface area contributed by atoms with Gasteiger partial charge in [0.15, 0.2) is 5.82 Å². The summed E-state index contributed by atoms with van der Waals surface area (Å²) in [7, 11) is 0. The maximum atomic E-state index is 8.95. The Hall–Kier alpha value is -2.68. The fourth-order valence-electron chi connectivity index (χ4n) is 2.32. The summed E-state index contributed by atoms with van der Waals surface area (Å²) in [6.07, 6.45) is 2.04. The number of para-hydroxylation sites is 2. The molecule has 0 aliphatic rings. The number of nitriles is 1. The van der Waals surface area contributed by atoms with Crippen LogP contribution < -0.4 is 0 Å². The van der Waals surface area contributed by atoms with E-state index in [9.17, 15) is 0 Å². The summed E-state index contributed by atoms with van der Waals surface area (Å²) in [5.41, 5.74) is 1.84. The van der Waals surface area contributed by atoms with Gasteiger partial charge < -0.3 is 9.09 Å². The third-order valence-electron chi connectivity index (χ3n) is 3.25. The quantitative estimate of drug-likeness (QED) is 0.717. The minimum Gasteiger partial charge on any atom is -0.337 e. The van der Waals surface area contributed by atoms with Crippen LogP contribution in [0.1, 0.15) is 30.9 Å². The number of aromatic nitrogens is 4. The first-order chi connectivity index (χ1) is 10.3. The van der Waals surface area contributed by atoms with Crippen molar-refractivity contribution in [2.75, 3.05) is 0 Å². The molecule has 0 bridgehead atoms. The van der Waals surface area contributed by atoms with Gasteiger partial charge in [0.2, 0.25) is 5.89 Å². The standard InChI is InChI=1S/C15H15N5O/c1-2-5-13-18-15(21-19-13)10-20-12-7-4-3-6-11(12)17-14(20)8-9-16/h3-4,6-7H,2,5,8,10H2,1H3. The van der Waals surface area contributed by atoms with Gasteiger partial charge in [0, 0.05) is 6.42 Å². The Kier molecular flexibility index (Phi) is 3.65. The minimum absolute atomic E-state index is 0.255. The summed E-state index contributed by atoms with van der Waals surface area (Å²) >= 11 is 0. The van der Waals surface area contributed by atoms with E-state index >= 15 is 0 Å². The molecule has 0 spiro atoms. The molecule has 0 unspecified atom stereocenters. The predicted molar refractivity (Wildman–Crippen MR) is 76.4 cm³/mol. The van der Waals surface area contributed by atoms with Gasteiger partial charge in [0.05, 0.1) is 23.5 Å². The van der Waals surface area contributed by atoms with Gasteiger partial charge in [0.25, 0.3) is 0 Å². The molecule has 3 rings (SSSR count). The number of fused-ring (bicyclic) bond motifs is 1. The van der Waals surface area contributed by atoms with Gasteiger partial charge in [-0.1, -0.05) is 24.2 Å². The molecule has 0 N–H and O–H groups in total. The van der Waals surface area contributed by atoms with E-state index < -0.39 is 0 Å². The van der Waals surface area contributed by atoms with Crippen LogP contribution in [0.4, 0.5) is 0 Å². The highest BCUT2D eigenvalue weighted by Crippen LogP contribution is 2.18. The average molecular weight is 281 g/mol. The lowest BCUT2D eigenvalue weighted by Crippen LogP contribution is -2.05. The number of hydrogen-bond acceptors (Lipinski definition) is 5. The molecule has 106 valence electrons. The van der Waals surface area contributed by atoms with Gasteiger partial charge in [-0.2, -0.15) is 10.2 Å². The molecule has 6 nitrogen and oxygen atoms in total. The SMILES string of the molecule is CCCc1noc(Cn2c(CC#N)nc3ccccc32)n1. The van der Waals surface area contributed by atoms with Gasteiger partial charge in [-0.25, -0.2) is 4.98 Å². The molecule has 3 aromatic rings. The van der Waals surface area contributed by atoms with E-state index in [-0.39, 0.29) is 6.42 Å². The number of nitrogens with zero attached hydrogens (tertiary/aromatic N) is 5. The molecule has 0 atom stereocenters. The molecule has 6 heteroatoms. The Morgan fingerprint density at radius 3 is 2.95 bits per heavy atom. The zero-order valence-corrected chi connectivity index (χ0v) is 11.8. The first-order valence-electron chi connectivity index (χ1n) is 6.94. The van der Waals surface area contributed by atoms with Crippen LogP contribution in [0.2, 0.25) is 0 Å². The highest BCUT2D eigenvalue weighted by Gasteiger charge is 2.13. The number of benzene rings is 1. The van der Waals surface area contributed by atoms with Crippen LogP contribution >= 0.6 is 0 Å². The van der Waals surface area contributed by atoms with Gasteiger partial charge >= 0.3 is 0 Å². The number of hydrogen-bond donors (Lipinski definition) is 0. The van der Waals surface area contributed by atoms with Gasteiger partial charge in [-0.15, -0.1) is 0 Å². The van der Waals surface area contributed by atoms with Crippen LogP contribution in [0.15, 0.2) is 28.8 Å². The summed E-state index contributed by atoms with van der Waals surface area (Å²) in [5, 5.41) is 12.9. The minimum atomic E-state index is 0.255. The van der Waals surface area contributed by atoms with E-state index in [1.807, 2.05) is 28.8 Å². The van der Waals surface area contributed by atoms with Crippen molar-refractivity contribution in [1.29, 1.82) is 5.26 Å². The van der Waals surface area contributed by atoms with E-state index in [4.69, 9.17) is 9.78 Å². The lowest BCUT2D eigenvalue weighted by Gasteiger charge is -2.03. The fraction of sp³-hybridized carbons (Fsp3) is 0.333. The van der Waals surface area contributed by atoms with Crippen LogP contribution in [0, 0.1) is 11.3 Å². The topological polar surface area (TPSA) is 80.5 Å². The van der Waals surface area contributed by atoms with E-state index in [1.165, 1.54) is 0 Å². The van der Waals surface area contributed by atoms with Crippen molar-refractivity contribution in [2.24, 2.45) is 0 Å². The van der Waals surface area contributed by atoms with Crippen LogP contribution in [-0.2, 0) is 19.4 Å². The molecule has 0 fully saturated rings. The summed E-state index contributed by atoms with van der Waals surface area (Å²) in [4.78, 5) is 8.87. The first kappa shape index (κ1) is 13.3. The Morgan fingerprint density at radius 2 is 2.14 bits per heavy atom. The maximum absolute atomic E-state index is 8.95. The summed E-state index contributed by atoms with van der Waals surface area (Å²) in [5.74, 6) is 1.98. The second-order valence-electron chi connectivity index (χ2n) is 4.79. The monoisotopic (exact) mass is 281 g/mol. The third kappa shape index (κ3) is 2.63. The molecule has 1 aromatic carbocycles. The second kappa shape index (κ2) is 5.75. The fourth-order valence-corrected chi connectivity index (χ4v) is 2.32. The lowest BCUT2D eigenvalue weighted by molar-refractivity contribution is 0.366. The van der Waals surface area contributed by atoms with Crippen LogP contribution in [0.3, 0.4) is 0 Å². The summed E-state index contributed by atoms with van der Waals surface area (Å²) in [6, 6.07) is 9.94. The smallest absolute Gasteiger partial charge is 0.246 e. The van der Waals surface area contributed by atoms with Gasteiger partial charge in [-0.05, 0) is 18.6 Å². The van der Waals surface area contributed by atoms with Crippen molar-refractivity contribution in [3.05, 3.63) is 41.8 Å². The lowest BCUT2D eigenvalue weighted by atomic mass is 10.3. The van der Waals surface area contributed by atoms with Crippen molar-refractivity contribution in [3.63, 3.8) is 0 Å². The number of rotatable bonds is 5. The summed E-state index contributed by atoms with van der Waals surface area (Å²) in [6.45, 7) is 2.51. The van der Waals surface area contributed by atoms with E-state index in [1.54, 1.807) is 0 Å². The Labute approximate surface area is 122 Å². The highest BCUT2D eigenvalue weighted by atomic mass is 16.5. The first-order valence-corrected chi connectivity index (χ1v) is 6.94. The number of aryl methyl sites for hydroxylation is 1. The predicted octanol–water partition coefficient (Wildman–Crippen LogP) is 2.49. The van der Waals surface area contributed by atoms with Crippen molar-refractivity contribution in [3.8, 4) is 6.07 Å². The molecule has 0 saturated carbocycles. The molecule has 21 heavy (non-hydrogen) atoms. The summed E-state index contributed by atoms with van der Waals surface area (Å²) < 4.78 is 7.24. The second-order valence-corrected chi connectivity index (χ2v) is 4.79. The zero-order valence-electron chi connectivity index (χ0n) is 11.8. The van der Waals surface area contributed by atoms with E-state index in [2.05, 4.69) is 28.1 Å². The Morgan fingerprint density at radius 1 is 1.29 bits per heavy atom. The molecule has 0 amide bonds. The number of imidazole rings is 1. The van der Waals surface area contributed by atoms with Crippen molar-refractivity contribution in [2.45, 2.75) is 32.7 Å². The molecule has 2 heterocycles. The van der Waals surface area contributed by atoms with Crippen LogP contribution in [-0.4, -0.2) is 19.7 Å². The van der Waals surface area contributed by atoms with Crippen LogP contribution in [0.25, 0.3) is 11.0 Å². The van der Waals surface area contributed by atoms with E-state index in [0.29, 0.717) is 18.3 Å². The van der Waals surface area contributed by atoms with Crippen LogP contribution in [0.5, 0.6) is 0 Å². The zero-order chi connectivity index (χ0) is 14.7. The van der Waals surface area contributed by atoms with Crippen molar-refractivity contribution in [1.82, 2.24) is 19.7 Å². The molecule has 0 aliphatic heterocycles. The Balaban J connectivity index is 1.97. The molecule has 2 aromatic heterocycles. The Bertz CT molecular complexity index is 796. The molecular weight excluding hydrogens is 266 g/mol. The van der Waals surface area contributed by atoms with Crippen molar-refractivity contribution >= 4 is 11.0 Å². The largest absolute Gasteiger partial charge is 0.337 e. The molecule has 0 radical (unpaired) electrons. The molecule has 0 saturated heterocycles.